The van der Waals surface area contributed by atoms with Crippen LogP contribution in [-0.4, -0.2) is 116 Å². The molecule has 0 bridgehead atoms. The standard InChI is InChI=1S/C37H45FN3O9P.C20H34O6P2/c1-7-8-31(44)50-29-12-11-24(51(6,48)16-15-42)17-27(29)37(3,4)19-30(43)40-14-13-39(20-22(40)2)33-28(38)18-25-32(35(33)49-5)41(23-9-10-23)21-26(34(25)45)36(46)47;1-8-24-27(22,15-28(23,25-9-2)26-10-3)18-12-11-16(4)19(13-18)20(6,7)14-17(5)21/h11-12,15,17-18,21-23H,7-10,13-14,16,19-20H2,1-6H3,(H,46,47);11-13H,8-10,14-15H2,1-7H3. The molecule has 1 aliphatic carbocycles. The zero-order chi connectivity index (χ0) is 59.0. The fraction of sp³-hybridized carbons (Fsp3) is 0.544. The molecule has 3 aromatic carbocycles. The highest BCUT2D eigenvalue weighted by Crippen LogP contribution is 2.63. The molecule has 6 rings (SSSR count). The van der Waals surface area contributed by atoms with Gasteiger partial charge in [-0.3, -0.25) is 28.3 Å². The first kappa shape index (κ1) is 64.5. The van der Waals surface area contributed by atoms with Gasteiger partial charge in [0.1, 0.15) is 42.1 Å². The Morgan fingerprint density at radius 2 is 1.47 bits per heavy atom. The number of carboxylic acid groups (broad SMARTS) is 1. The number of aromatic nitrogens is 1. The number of aryl methyl sites for hydroxylation is 1. The molecule has 79 heavy (non-hydrogen) atoms. The number of hydrogen-bond acceptors (Lipinski definition) is 15. The third kappa shape index (κ3) is 15.4. The second-order valence-corrected chi connectivity index (χ2v) is 29.8. The number of benzene rings is 3. The minimum absolute atomic E-state index is 0.00799. The maximum atomic E-state index is 16.0. The highest BCUT2D eigenvalue weighted by molar-refractivity contribution is 7.78. The van der Waals surface area contributed by atoms with Gasteiger partial charge in [0, 0.05) is 78.8 Å². The van der Waals surface area contributed by atoms with Gasteiger partial charge in [-0.15, -0.1) is 0 Å². The number of methoxy groups -OCH3 is 1. The number of piperazine rings is 1. The molecular formula is C57H79FN3O15P3. The molecule has 434 valence electrons. The van der Waals surface area contributed by atoms with Crippen molar-refractivity contribution in [2.24, 2.45) is 0 Å². The summed E-state index contributed by atoms with van der Waals surface area (Å²) in [6.07, 6.45) is 4.50. The van der Waals surface area contributed by atoms with Gasteiger partial charge in [0.15, 0.2) is 11.6 Å². The highest BCUT2D eigenvalue weighted by Gasteiger charge is 2.41. The zero-order valence-electron chi connectivity index (χ0n) is 48.0. The third-order valence-electron chi connectivity index (χ3n) is 14.2. The van der Waals surface area contributed by atoms with E-state index in [2.05, 4.69) is 0 Å². The number of aldehydes is 1. The largest absolute Gasteiger partial charge is 0.492 e. The lowest BCUT2D eigenvalue weighted by Gasteiger charge is -2.42. The Balaban J connectivity index is 0.000000348. The van der Waals surface area contributed by atoms with Crippen LogP contribution in [0.3, 0.4) is 0 Å². The molecule has 2 heterocycles. The first-order valence-corrected chi connectivity index (χ1v) is 32.7. The van der Waals surface area contributed by atoms with E-state index >= 15 is 4.39 Å². The van der Waals surface area contributed by atoms with Crippen molar-refractivity contribution in [3.63, 3.8) is 0 Å². The number of hydrogen-bond donors (Lipinski definition) is 1. The number of aromatic carboxylic acids is 1. The molecule has 0 spiro atoms. The van der Waals surface area contributed by atoms with Crippen LogP contribution < -0.4 is 30.4 Å². The number of fused-ring (bicyclic) bond motifs is 1. The molecule has 0 radical (unpaired) electrons. The van der Waals surface area contributed by atoms with Crippen molar-refractivity contribution in [3.8, 4) is 11.5 Å². The van der Waals surface area contributed by atoms with Crippen LogP contribution in [0, 0.1) is 12.7 Å². The van der Waals surface area contributed by atoms with E-state index in [9.17, 15) is 47.6 Å². The van der Waals surface area contributed by atoms with Gasteiger partial charge >= 0.3 is 19.5 Å². The van der Waals surface area contributed by atoms with Crippen LogP contribution in [0.4, 0.5) is 10.1 Å². The molecule has 1 aromatic heterocycles. The van der Waals surface area contributed by atoms with Gasteiger partial charge in [0.25, 0.3) is 0 Å². The van der Waals surface area contributed by atoms with Crippen molar-refractivity contribution in [2.45, 2.75) is 138 Å². The Bertz CT molecular complexity index is 3140. The SMILES string of the molecule is CCCC(=O)Oc1ccc(P(C)(=O)CC=O)cc1C(C)(C)CC(=O)N1CCN(c2c(F)cc3c(=O)c(C(=O)O)cn(C4CC4)c3c2OC)CC1C.CCOP(=O)(CP(=O)(OCC)c1ccc(C)c(C(C)(C)CC(C)=O)c1)OCC. The molecule has 1 saturated carbocycles. The molecule has 22 heteroatoms. The summed E-state index contributed by atoms with van der Waals surface area (Å²) in [5.41, 5.74) is 0.372. The van der Waals surface area contributed by atoms with Crippen LogP contribution in [0.25, 0.3) is 10.9 Å². The molecule has 1 N–H and O–H groups in total. The molecule has 4 aromatic rings. The van der Waals surface area contributed by atoms with E-state index in [1.54, 1.807) is 66.3 Å². The molecule has 1 amide bonds. The van der Waals surface area contributed by atoms with Crippen molar-refractivity contribution < 1.29 is 70.2 Å². The first-order valence-electron chi connectivity index (χ1n) is 26.8. The van der Waals surface area contributed by atoms with E-state index in [0.717, 1.165) is 30.0 Å². The van der Waals surface area contributed by atoms with Gasteiger partial charge in [0.2, 0.25) is 18.7 Å². The Morgan fingerprint density at radius 3 is 2.01 bits per heavy atom. The molecule has 1 aliphatic heterocycles. The number of carbonyl (C=O) groups excluding carboxylic acids is 4. The lowest BCUT2D eigenvalue weighted by Crippen LogP contribution is -2.55. The molecule has 1 saturated heterocycles. The first-order chi connectivity index (χ1) is 37.0. The molecule has 18 nitrogen and oxygen atoms in total. The van der Waals surface area contributed by atoms with Crippen LogP contribution in [-0.2, 0) is 57.3 Å². The van der Waals surface area contributed by atoms with Crippen LogP contribution in [0.5, 0.6) is 11.5 Å². The van der Waals surface area contributed by atoms with Crippen LogP contribution in [0.15, 0.2) is 53.5 Å². The van der Waals surface area contributed by atoms with Gasteiger partial charge in [0.05, 0.1) is 44.0 Å². The second kappa shape index (κ2) is 26.5. The van der Waals surface area contributed by atoms with Gasteiger partial charge in [-0.2, -0.15) is 0 Å². The number of amides is 1. The number of Topliss-reactive ketones (excluding diaryl/α,β-unsaturated/α-hetero) is 1. The third-order valence-corrected chi connectivity index (χ3v) is 22.3. The van der Waals surface area contributed by atoms with Crippen molar-refractivity contribution >= 4 is 79.2 Å². The number of esters is 1. The average Bonchev–Trinajstić information content (AvgIpc) is 4.37. The number of anilines is 1. The lowest BCUT2D eigenvalue weighted by molar-refractivity contribution is -0.135. The van der Waals surface area contributed by atoms with E-state index < -0.39 is 61.7 Å². The molecule has 3 atom stereocenters. The van der Waals surface area contributed by atoms with Gasteiger partial charge in [-0.05, 0) is 120 Å². The number of nitrogens with zero attached hydrogens (tertiary/aromatic N) is 3. The second-order valence-electron chi connectivity index (χ2n) is 21.7. The summed E-state index contributed by atoms with van der Waals surface area (Å²) < 4.78 is 85.6. The molecule has 2 aliphatic rings. The Labute approximate surface area is 463 Å². The van der Waals surface area contributed by atoms with Crippen molar-refractivity contribution in [3.05, 3.63) is 87.0 Å². The number of halogens is 1. The minimum Gasteiger partial charge on any atom is -0.492 e. The summed E-state index contributed by atoms with van der Waals surface area (Å²) in [4.78, 5) is 78.0. The smallest absolute Gasteiger partial charge is 0.341 e. The maximum absolute atomic E-state index is 16.0. The maximum Gasteiger partial charge on any atom is 0.341 e. The number of carbonyl (C=O) groups is 5. The van der Waals surface area contributed by atoms with Crippen LogP contribution in [0.1, 0.15) is 141 Å². The van der Waals surface area contributed by atoms with E-state index in [4.69, 9.17) is 23.0 Å². The number of carboxylic acids is 1. The number of ether oxygens (including phenoxy) is 2. The predicted octanol–water partition coefficient (Wildman–Crippen LogP) is 10.5. The molecule has 3 unspecified atom stereocenters. The number of pyridine rings is 1. The topological polar surface area (TPSA) is 231 Å². The zero-order valence-corrected chi connectivity index (χ0v) is 50.7. The summed E-state index contributed by atoms with van der Waals surface area (Å²) in [6.45, 7) is 22.9. The Kier molecular flexibility index (Phi) is 21.7. The van der Waals surface area contributed by atoms with Gasteiger partial charge in [-0.25, -0.2) is 9.18 Å². The summed E-state index contributed by atoms with van der Waals surface area (Å²) in [6, 6.07) is 10.9. The Morgan fingerprint density at radius 1 is 0.861 bits per heavy atom. The lowest BCUT2D eigenvalue weighted by atomic mass is 9.78. The van der Waals surface area contributed by atoms with Crippen LogP contribution >= 0.6 is 22.1 Å². The number of rotatable bonds is 25. The quantitative estimate of drug-likeness (QED) is 0.0281. The molecular weight excluding hydrogens is 1080 g/mol. The molecule has 2 fully saturated rings. The van der Waals surface area contributed by atoms with E-state index in [0.29, 0.717) is 40.8 Å². The van der Waals surface area contributed by atoms with Gasteiger partial charge < -0.3 is 51.9 Å². The van der Waals surface area contributed by atoms with Crippen molar-refractivity contribution in [1.29, 1.82) is 0 Å². The fourth-order valence-corrected chi connectivity index (χ4v) is 17.1. The normalized spacial score (nSPS) is 16.6. The Hall–Kier alpha value is -5.28. The monoisotopic (exact) mass is 1160 g/mol. The van der Waals surface area contributed by atoms with E-state index in [1.807, 2.05) is 60.6 Å². The van der Waals surface area contributed by atoms with E-state index in [1.165, 1.54) is 20.0 Å². The summed E-state index contributed by atoms with van der Waals surface area (Å²) in [5, 5.41) is 10.5. The number of ketones is 1. The van der Waals surface area contributed by atoms with Gasteiger partial charge in [-0.1, -0.05) is 40.7 Å². The van der Waals surface area contributed by atoms with Crippen molar-refractivity contribution in [2.75, 3.05) is 70.2 Å². The average molecular weight is 1160 g/mol. The highest BCUT2D eigenvalue weighted by atomic mass is 31.2. The van der Waals surface area contributed by atoms with Crippen molar-refractivity contribution in [1.82, 2.24) is 9.47 Å². The summed E-state index contributed by atoms with van der Waals surface area (Å²) in [5.74, 6) is -2.58. The summed E-state index contributed by atoms with van der Waals surface area (Å²) in [7, 11) is -8.74. The van der Waals surface area contributed by atoms with E-state index in [-0.39, 0.29) is 111 Å². The summed E-state index contributed by atoms with van der Waals surface area (Å²) >= 11 is 0. The fourth-order valence-electron chi connectivity index (χ4n) is 10.3. The predicted molar refractivity (Wildman–Crippen MR) is 306 cm³/mol. The minimum atomic E-state index is -3.57. The van der Waals surface area contributed by atoms with Crippen LogP contribution in [0.2, 0.25) is 0 Å².